The van der Waals surface area contributed by atoms with E-state index in [9.17, 15) is 13.2 Å². The zero-order valence-corrected chi connectivity index (χ0v) is 14.4. The van der Waals surface area contributed by atoms with E-state index in [1.807, 2.05) is 30.3 Å². The first-order valence-corrected chi connectivity index (χ1v) is 9.53. The van der Waals surface area contributed by atoms with E-state index >= 15 is 0 Å². The number of nitrogens with zero attached hydrogens (tertiary/aromatic N) is 1. The molecule has 0 spiro atoms. The molecule has 0 saturated carbocycles. The van der Waals surface area contributed by atoms with Gasteiger partial charge in [0, 0.05) is 6.54 Å². The zero-order valence-electron chi connectivity index (χ0n) is 13.6. The van der Waals surface area contributed by atoms with Gasteiger partial charge in [-0.15, -0.1) is 0 Å². The van der Waals surface area contributed by atoms with Crippen molar-refractivity contribution in [3.05, 3.63) is 35.9 Å². The van der Waals surface area contributed by atoms with Gasteiger partial charge in [0.15, 0.2) is 0 Å². The number of hydrogen-bond donors (Lipinski definition) is 1. The lowest BCUT2D eigenvalue weighted by Gasteiger charge is -2.34. The molecule has 1 aliphatic heterocycles. The topological polar surface area (TPSA) is 75.7 Å². The van der Waals surface area contributed by atoms with Crippen LogP contribution in [0.4, 0.5) is 0 Å². The first-order valence-electron chi connectivity index (χ1n) is 7.88. The van der Waals surface area contributed by atoms with Gasteiger partial charge in [-0.3, -0.25) is 4.79 Å². The Balaban J connectivity index is 1.99. The standard InChI is InChI=1S/C16H24N2O4S/c1-3-11-23(20,21)17-13(2)16(19)18-9-10-22-15(12-18)14-7-5-4-6-8-14/h4-8,13,15,17H,3,9-12H2,1-2H3/t13-,15?/m1/s1. The summed E-state index contributed by atoms with van der Waals surface area (Å²) in [6.07, 6.45) is 0.345. The Bertz CT molecular complexity index is 618. The molecule has 1 fully saturated rings. The van der Waals surface area contributed by atoms with Crippen molar-refractivity contribution < 1.29 is 17.9 Å². The molecule has 6 nitrogen and oxygen atoms in total. The first-order chi connectivity index (χ1) is 10.9. The van der Waals surface area contributed by atoms with Crippen LogP contribution in [0, 0.1) is 0 Å². The Morgan fingerprint density at radius 1 is 1.39 bits per heavy atom. The Hall–Kier alpha value is -1.44. The lowest BCUT2D eigenvalue weighted by molar-refractivity contribution is -0.140. The van der Waals surface area contributed by atoms with E-state index in [2.05, 4.69) is 4.72 Å². The normalized spacial score (nSPS) is 20.3. The molecule has 1 aliphatic rings. The number of nitrogens with one attached hydrogen (secondary N) is 1. The van der Waals surface area contributed by atoms with Gasteiger partial charge in [0.1, 0.15) is 6.10 Å². The van der Waals surface area contributed by atoms with E-state index in [-0.39, 0.29) is 17.8 Å². The van der Waals surface area contributed by atoms with Crippen molar-refractivity contribution in [2.45, 2.75) is 32.4 Å². The van der Waals surface area contributed by atoms with Crippen LogP contribution in [-0.2, 0) is 19.6 Å². The molecule has 0 bridgehead atoms. The molecular formula is C16H24N2O4S. The highest BCUT2D eigenvalue weighted by atomic mass is 32.2. The summed E-state index contributed by atoms with van der Waals surface area (Å²) in [5, 5.41) is 0. The van der Waals surface area contributed by atoms with Crippen LogP contribution in [0.5, 0.6) is 0 Å². The molecule has 1 N–H and O–H groups in total. The van der Waals surface area contributed by atoms with Gasteiger partial charge in [0.2, 0.25) is 15.9 Å². The van der Waals surface area contributed by atoms with Crippen LogP contribution in [-0.4, -0.2) is 50.7 Å². The van der Waals surface area contributed by atoms with Gasteiger partial charge in [-0.1, -0.05) is 37.3 Å². The SMILES string of the molecule is CCCS(=O)(=O)N[C@H](C)C(=O)N1CCOC(c2ccccc2)C1. The highest BCUT2D eigenvalue weighted by Gasteiger charge is 2.29. The van der Waals surface area contributed by atoms with Crippen molar-refractivity contribution in [2.75, 3.05) is 25.4 Å². The lowest BCUT2D eigenvalue weighted by Crippen LogP contribution is -2.51. The minimum Gasteiger partial charge on any atom is -0.370 e. The second-order valence-electron chi connectivity index (χ2n) is 5.71. The average molecular weight is 340 g/mol. The van der Waals surface area contributed by atoms with E-state index in [0.29, 0.717) is 26.1 Å². The number of amides is 1. The summed E-state index contributed by atoms with van der Waals surface area (Å²) in [4.78, 5) is 14.2. The summed E-state index contributed by atoms with van der Waals surface area (Å²) in [7, 11) is -3.41. The van der Waals surface area contributed by atoms with Gasteiger partial charge in [-0.25, -0.2) is 13.1 Å². The van der Waals surface area contributed by atoms with Gasteiger partial charge in [-0.2, -0.15) is 0 Å². The summed E-state index contributed by atoms with van der Waals surface area (Å²) in [5.41, 5.74) is 1.02. The maximum absolute atomic E-state index is 12.5. The minimum absolute atomic E-state index is 0.0281. The molecule has 2 atom stereocenters. The second-order valence-corrected chi connectivity index (χ2v) is 7.59. The van der Waals surface area contributed by atoms with Crippen LogP contribution in [0.1, 0.15) is 31.9 Å². The number of carbonyl (C=O) groups excluding carboxylic acids is 1. The molecule has 0 aliphatic carbocycles. The van der Waals surface area contributed by atoms with E-state index in [1.165, 1.54) is 0 Å². The molecule has 1 aromatic rings. The zero-order chi connectivity index (χ0) is 16.9. The smallest absolute Gasteiger partial charge is 0.240 e. The van der Waals surface area contributed by atoms with Crippen molar-refractivity contribution >= 4 is 15.9 Å². The largest absolute Gasteiger partial charge is 0.370 e. The van der Waals surface area contributed by atoms with Crippen molar-refractivity contribution in [3.8, 4) is 0 Å². The van der Waals surface area contributed by atoms with Crippen LogP contribution in [0.2, 0.25) is 0 Å². The average Bonchev–Trinajstić information content (AvgIpc) is 2.54. The fourth-order valence-corrected chi connectivity index (χ4v) is 3.93. The number of morpholine rings is 1. The number of rotatable bonds is 6. The molecule has 1 amide bonds. The van der Waals surface area contributed by atoms with Crippen LogP contribution >= 0.6 is 0 Å². The van der Waals surface area contributed by atoms with Crippen LogP contribution < -0.4 is 4.72 Å². The third-order valence-electron chi connectivity index (χ3n) is 3.75. The molecule has 1 unspecified atom stereocenters. The van der Waals surface area contributed by atoms with Gasteiger partial charge in [-0.05, 0) is 18.9 Å². The van der Waals surface area contributed by atoms with Gasteiger partial charge in [0.25, 0.3) is 0 Å². The van der Waals surface area contributed by atoms with Crippen LogP contribution in [0.3, 0.4) is 0 Å². The molecule has 1 saturated heterocycles. The van der Waals surface area contributed by atoms with Gasteiger partial charge < -0.3 is 9.64 Å². The summed E-state index contributed by atoms with van der Waals surface area (Å²) < 4.78 is 31.8. The monoisotopic (exact) mass is 340 g/mol. The number of ether oxygens (including phenoxy) is 1. The Labute approximate surface area is 137 Å². The van der Waals surface area contributed by atoms with E-state index in [1.54, 1.807) is 18.7 Å². The van der Waals surface area contributed by atoms with Crippen molar-refractivity contribution in [1.82, 2.24) is 9.62 Å². The molecule has 128 valence electrons. The fourth-order valence-electron chi connectivity index (χ4n) is 2.64. The molecule has 2 rings (SSSR count). The van der Waals surface area contributed by atoms with Crippen LogP contribution in [0.25, 0.3) is 0 Å². The summed E-state index contributed by atoms with van der Waals surface area (Å²) in [6.45, 7) is 4.73. The Morgan fingerprint density at radius 2 is 2.09 bits per heavy atom. The molecular weight excluding hydrogens is 316 g/mol. The Kier molecular flexibility index (Phi) is 6.15. The van der Waals surface area contributed by atoms with E-state index < -0.39 is 16.1 Å². The summed E-state index contributed by atoms with van der Waals surface area (Å²) in [6, 6.07) is 8.96. The van der Waals surface area contributed by atoms with Gasteiger partial charge in [0.05, 0.1) is 24.9 Å². The fraction of sp³-hybridized carbons (Fsp3) is 0.562. The maximum atomic E-state index is 12.5. The number of hydrogen-bond acceptors (Lipinski definition) is 4. The predicted molar refractivity (Wildman–Crippen MR) is 88.4 cm³/mol. The minimum atomic E-state index is -3.41. The summed E-state index contributed by atoms with van der Waals surface area (Å²) >= 11 is 0. The van der Waals surface area contributed by atoms with Crippen molar-refractivity contribution in [1.29, 1.82) is 0 Å². The first kappa shape index (κ1) is 17.9. The third-order valence-corrected chi connectivity index (χ3v) is 5.41. The van der Waals surface area contributed by atoms with Gasteiger partial charge >= 0.3 is 0 Å². The van der Waals surface area contributed by atoms with Crippen LogP contribution in [0.15, 0.2) is 30.3 Å². The van der Waals surface area contributed by atoms with Crippen molar-refractivity contribution in [2.24, 2.45) is 0 Å². The Morgan fingerprint density at radius 3 is 2.74 bits per heavy atom. The summed E-state index contributed by atoms with van der Waals surface area (Å²) in [5.74, 6) is -0.186. The predicted octanol–water partition coefficient (Wildman–Crippen LogP) is 1.30. The quantitative estimate of drug-likeness (QED) is 0.847. The highest BCUT2D eigenvalue weighted by molar-refractivity contribution is 7.89. The van der Waals surface area contributed by atoms with Crippen molar-refractivity contribution in [3.63, 3.8) is 0 Å². The molecule has 1 heterocycles. The highest BCUT2D eigenvalue weighted by Crippen LogP contribution is 2.22. The molecule has 7 heteroatoms. The van der Waals surface area contributed by atoms with E-state index in [4.69, 9.17) is 4.74 Å². The molecule has 1 aromatic carbocycles. The molecule has 0 radical (unpaired) electrons. The number of sulfonamides is 1. The lowest BCUT2D eigenvalue weighted by atomic mass is 10.1. The van der Waals surface area contributed by atoms with E-state index in [0.717, 1.165) is 5.56 Å². The number of carbonyl (C=O) groups is 1. The third kappa shape index (κ3) is 5.02. The number of benzene rings is 1. The molecule has 23 heavy (non-hydrogen) atoms. The molecule has 0 aromatic heterocycles. The second kappa shape index (κ2) is 7.90. The maximum Gasteiger partial charge on any atom is 0.240 e.